The number of ether oxygens (including phenoxy) is 1. The van der Waals surface area contributed by atoms with Gasteiger partial charge in [-0.3, -0.25) is 0 Å². The number of thiophene rings is 1. The Balaban J connectivity index is 2.48. The van der Waals surface area contributed by atoms with Gasteiger partial charge in [-0.1, -0.05) is 19.4 Å². The summed E-state index contributed by atoms with van der Waals surface area (Å²) >= 11 is 1.71. The quantitative estimate of drug-likeness (QED) is 0.737. The van der Waals surface area contributed by atoms with E-state index in [9.17, 15) is 0 Å². The van der Waals surface area contributed by atoms with Crippen molar-refractivity contribution < 1.29 is 4.74 Å². The van der Waals surface area contributed by atoms with Crippen LogP contribution in [0.15, 0.2) is 17.5 Å². The standard InChI is InChI=1S/C11H19NOS/c1-3-4-7-13-11(9(2)12)10-6-5-8-14-10/h5-6,8-9,11H,3-4,7,12H2,1-2H3. The van der Waals surface area contributed by atoms with E-state index in [-0.39, 0.29) is 12.1 Å². The van der Waals surface area contributed by atoms with Crippen LogP contribution >= 0.6 is 11.3 Å². The van der Waals surface area contributed by atoms with E-state index in [4.69, 9.17) is 10.5 Å². The SMILES string of the molecule is CCCCOC(c1cccs1)C(C)N. The Morgan fingerprint density at radius 3 is 2.86 bits per heavy atom. The molecule has 2 unspecified atom stereocenters. The minimum Gasteiger partial charge on any atom is -0.371 e. The van der Waals surface area contributed by atoms with E-state index in [1.807, 2.05) is 13.0 Å². The highest BCUT2D eigenvalue weighted by molar-refractivity contribution is 7.10. The maximum atomic E-state index is 5.89. The van der Waals surface area contributed by atoms with Crippen molar-refractivity contribution in [2.45, 2.75) is 38.8 Å². The molecule has 1 heterocycles. The molecule has 0 saturated heterocycles. The fourth-order valence-electron chi connectivity index (χ4n) is 1.30. The van der Waals surface area contributed by atoms with Crippen LogP contribution in [0.2, 0.25) is 0 Å². The third-order valence-electron chi connectivity index (χ3n) is 2.10. The van der Waals surface area contributed by atoms with Crippen LogP contribution < -0.4 is 5.73 Å². The van der Waals surface area contributed by atoms with Gasteiger partial charge in [0.05, 0.1) is 0 Å². The van der Waals surface area contributed by atoms with Crippen LogP contribution in [0.25, 0.3) is 0 Å². The summed E-state index contributed by atoms with van der Waals surface area (Å²) in [5, 5.41) is 2.06. The summed E-state index contributed by atoms with van der Waals surface area (Å²) in [4.78, 5) is 1.23. The summed E-state index contributed by atoms with van der Waals surface area (Å²) in [5.74, 6) is 0. The zero-order chi connectivity index (χ0) is 10.4. The van der Waals surface area contributed by atoms with E-state index >= 15 is 0 Å². The van der Waals surface area contributed by atoms with Crippen molar-refractivity contribution in [3.8, 4) is 0 Å². The maximum absolute atomic E-state index is 5.89. The monoisotopic (exact) mass is 213 g/mol. The van der Waals surface area contributed by atoms with Gasteiger partial charge in [-0.25, -0.2) is 0 Å². The van der Waals surface area contributed by atoms with Crippen LogP contribution in [0.5, 0.6) is 0 Å². The van der Waals surface area contributed by atoms with Crippen LogP contribution in [-0.4, -0.2) is 12.6 Å². The van der Waals surface area contributed by atoms with Crippen molar-refractivity contribution in [2.24, 2.45) is 5.73 Å². The van der Waals surface area contributed by atoms with E-state index in [0.29, 0.717) is 0 Å². The van der Waals surface area contributed by atoms with Crippen LogP contribution in [0.1, 0.15) is 37.7 Å². The zero-order valence-electron chi connectivity index (χ0n) is 8.90. The summed E-state index contributed by atoms with van der Waals surface area (Å²) in [5.41, 5.74) is 5.89. The summed E-state index contributed by atoms with van der Waals surface area (Å²) in [6.45, 7) is 4.96. The van der Waals surface area contributed by atoms with Crippen molar-refractivity contribution in [3.63, 3.8) is 0 Å². The Bertz CT molecular complexity index is 233. The van der Waals surface area contributed by atoms with Crippen LogP contribution in [0.4, 0.5) is 0 Å². The highest BCUT2D eigenvalue weighted by atomic mass is 32.1. The first-order valence-electron chi connectivity index (χ1n) is 5.16. The van der Waals surface area contributed by atoms with E-state index in [2.05, 4.69) is 18.4 Å². The lowest BCUT2D eigenvalue weighted by Gasteiger charge is -2.20. The van der Waals surface area contributed by atoms with Crippen molar-refractivity contribution in [3.05, 3.63) is 22.4 Å². The van der Waals surface area contributed by atoms with Gasteiger partial charge in [0.2, 0.25) is 0 Å². The van der Waals surface area contributed by atoms with Gasteiger partial charge in [0.1, 0.15) is 6.10 Å². The molecule has 0 bridgehead atoms. The van der Waals surface area contributed by atoms with Crippen molar-refractivity contribution in [1.29, 1.82) is 0 Å². The molecule has 0 amide bonds. The molecule has 0 spiro atoms. The molecule has 0 aliphatic carbocycles. The summed E-state index contributed by atoms with van der Waals surface area (Å²) in [6.07, 6.45) is 2.34. The topological polar surface area (TPSA) is 35.2 Å². The van der Waals surface area contributed by atoms with Gasteiger partial charge in [0.15, 0.2) is 0 Å². The molecule has 0 aromatic carbocycles. The molecule has 0 aliphatic rings. The molecule has 0 fully saturated rings. The first-order valence-corrected chi connectivity index (χ1v) is 6.04. The fraction of sp³-hybridized carbons (Fsp3) is 0.636. The molecule has 3 heteroatoms. The average Bonchev–Trinajstić information content (AvgIpc) is 2.64. The normalized spacial score (nSPS) is 15.4. The Morgan fingerprint density at radius 2 is 2.36 bits per heavy atom. The second-order valence-corrected chi connectivity index (χ2v) is 4.50. The maximum Gasteiger partial charge on any atom is 0.106 e. The largest absolute Gasteiger partial charge is 0.371 e. The molecular formula is C11H19NOS. The van der Waals surface area contributed by atoms with Crippen molar-refractivity contribution >= 4 is 11.3 Å². The Hall–Kier alpha value is -0.380. The first-order chi connectivity index (χ1) is 6.75. The molecule has 2 nitrogen and oxygen atoms in total. The fourth-order valence-corrected chi connectivity index (χ4v) is 2.19. The van der Waals surface area contributed by atoms with Gasteiger partial charge in [0.25, 0.3) is 0 Å². The summed E-state index contributed by atoms with van der Waals surface area (Å²) < 4.78 is 5.77. The van der Waals surface area contributed by atoms with Gasteiger partial charge >= 0.3 is 0 Å². The van der Waals surface area contributed by atoms with E-state index < -0.39 is 0 Å². The number of unbranched alkanes of at least 4 members (excludes halogenated alkanes) is 1. The first kappa shape index (κ1) is 11.7. The Kier molecular flexibility index (Phi) is 5.15. The lowest BCUT2D eigenvalue weighted by molar-refractivity contribution is 0.0390. The van der Waals surface area contributed by atoms with Crippen LogP contribution in [0.3, 0.4) is 0 Å². The molecule has 0 aliphatic heterocycles. The molecule has 14 heavy (non-hydrogen) atoms. The van der Waals surface area contributed by atoms with Gasteiger partial charge in [-0.05, 0) is 24.8 Å². The summed E-state index contributed by atoms with van der Waals surface area (Å²) in [6, 6.07) is 4.19. The third-order valence-corrected chi connectivity index (χ3v) is 3.03. The lowest BCUT2D eigenvalue weighted by Crippen LogP contribution is -2.26. The number of hydrogen-bond donors (Lipinski definition) is 1. The minimum atomic E-state index is 0.0607. The predicted octanol–water partition coefficient (Wildman–Crippen LogP) is 2.95. The molecule has 1 aromatic rings. The van der Waals surface area contributed by atoms with E-state index in [1.54, 1.807) is 11.3 Å². The highest BCUT2D eigenvalue weighted by Gasteiger charge is 2.17. The average molecular weight is 213 g/mol. The van der Waals surface area contributed by atoms with Gasteiger partial charge in [0, 0.05) is 17.5 Å². The Labute approximate surface area is 90.1 Å². The number of nitrogens with two attached hydrogens (primary N) is 1. The van der Waals surface area contributed by atoms with Crippen molar-refractivity contribution in [2.75, 3.05) is 6.61 Å². The molecular weight excluding hydrogens is 194 g/mol. The predicted molar refractivity (Wildman–Crippen MR) is 61.6 cm³/mol. The minimum absolute atomic E-state index is 0.0607. The third kappa shape index (κ3) is 3.40. The molecule has 2 atom stereocenters. The van der Waals surface area contributed by atoms with Gasteiger partial charge < -0.3 is 10.5 Å². The van der Waals surface area contributed by atoms with Crippen molar-refractivity contribution in [1.82, 2.24) is 0 Å². The molecule has 1 rings (SSSR count). The number of rotatable bonds is 6. The second kappa shape index (κ2) is 6.17. The van der Waals surface area contributed by atoms with Gasteiger partial charge in [-0.15, -0.1) is 11.3 Å². The van der Waals surface area contributed by atoms with Crippen LogP contribution in [0, 0.1) is 0 Å². The lowest BCUT2D eigenvalue weighted by atomic mass is 10.1. The Morgan fingerprint density at radius 1 is 1.57 bits per heavy atom. The zero-order valence-corrected chi connectivity index (χ0v) is 9.72. The molecule has 2 N–H and O–H groups in total. The summed E-state index contributed by atoms with van der Waals surface area (Å²) in [7, 11) is 0. The molecule has 80 valence electrons. The highest BCUT2D eigenvalue weighted by Crippen LogP contribution is 2.24. The molecule has 1 aromatic heterocycles. The van der Waals surface area contributed by atoms with Crippen LogP contribution in [-0.2, 0) is 4.74 Å². The van der Waals surface area contributed by atoms with E-state index in [1.165, 1.54) is 4.88 Å². The molecule has 0 saturated carbocycles. The van der Waals surface area contributed by atoms with Gasteiger partial charge in [-0.2, -0.15) is 0 Å². The van der Waals surface area contributed by atoms with E-state index in [0.717, 1.165) is 19.4 Å². The smallest absolute Gasteiger partial charge is 0.106 e. The molecule has 0 radical (unpaired) electrons. The number of hydrogen-bond acceptors (Lipinski definition) is 3. The second-order valence-electron chi connectivity index (χ2n) is 3.52.